The first-order valence-electron chi connectivity index (χ1n) is 7.10. The van der Waals surface area contributed by atoms with Crippen molar-refractivity contribution in [2.24, 2.45) is 23.6 Å². The van der Waals surface area contributed by atoms with Crippen molar-refractivity contribution in [1.29, 1.82) is 0 Å². The van der Waals surface area contributed by atoms with Crippen LogP contribution in [0.15, 0.2) is 18.3 Å². The molecule has 5 nitrogen and oxygen atoms in total. The molecule has 2 aliphatic carbocycles. The fraction of sp³-hybridized carbons (Fsp3) is 0.643. The van der Waals surface area contributed by atoms with E-state index < -0.39 is 0 Å². The third kappa shape index (κ3) is 1.69. The third-order valence-corrected chi connectivity index (χ3v) is 5.31. The Bertz CT molecular complexity index is 492. The fourth-order valence-corrected chi connectivity index (χ4v) is 4.61. The molecule has 19 heavy (non-hydrogen) atoms. The predicted octanol–water partition coefficient (Wildman–Crippen LogP) is 0.568. The van der Waals surface area contributed by atoms with Crippen molar-refractivity contribution in [3.63, 3.8) is 0 Å². The second-order valence-electron chi connectivity index (χ2n) is 6.26. The maximum Gasteiger partial charge on any atom is 0.140 e. The first kappa shape index (κ1) is 11.6. The van der Waals surface area contributed by atoms with Crippen LogP contribution in [-0.2, 0) is 6.54 Å². The number of hydrogen-bond donors (Lipinski definition) is 3. The van der Waals surface area contributed by atoms with Crippen molar-refractivity contribution >= 4 is 5.82 Å². The summed E-state index contributed by atoms with van der Waals surface area (Å²) >= 11 is 0. The van der Waals surface area contributed by atoms with Crippen LogP contribution in [0.2, 0.25) is 0 Å². The second-order valence-corrected chi connectivity index (χ2v) is 6.26. The zero-order chi connectivity index (χ0) is 13.0. The normalized spacial score (nSPS) is 40.0. The van der Waals surface area contributed by atoms with E-state index in [1.54, 1.807) is 6.20 Å². The molecular weight excluding hydrogens is 240 g/mol. The van der Waals surface area contributed by atoms with Crippen LogP contribution >= 0.6 is 0 Å². The molecule has 5 heteroatoms. The number of likely N-dealkylation sites (tertiary alicyclic amines) is 1. The molecular formula is C14H20N4O. The number of nitrogens with one attached hydrogen (secondary N) is 1. The molecule has 1 aromatic heterocycles. The number of hydrazine groups is 1. The largest absolute Gasteiger partial charge is 0.391 e. The summed E-state index contributed by atoms with van der Waals surface area (Å²) in [7, 11) is 0. The van der Waals surface area contributed by atoms with E-state index in [9.17, 15) is 5.11 Å². The lowest BCUT2D eigenvalue weighted by Gasteiger charge is -2.29. The lowest BCUT2D eigenvalue weighted by Crippen LogP contribution is -2.40. The van der Waals surface area contributed by atoms with Crippen molar-refractivity contribution < 1.29 is 5.11 Å². The summed E-state index contributed by atoms with van der Waals surface area (Å²) in [5.41, 5.74) is 3.79. The minimum absolute atomic E-state index is 0.113. The first-order chi connectivity index (χ1) is 9.26. The molecule has 5 atom stereocenters. The molecule has 102 valence electrons. The van der Waals surface area contributed by atoms with E-state index in [4.69, 9.17) is 5.84 Å². The van der Waals surface area contributed by atoms with Gasteiger partial charge < -0.3 is 10.5 Å². The molecule has 2 heterocycles. The Labute approximate surface area is 112 Å². The zero-order valence-corrected chi connectivity index (χ0v) is 10.9. The summed E-state index contributed by atoms with van der Waals surface area (Å²) in [4.78, 5) is 6.59. The van der Waals surface area contributed by atoms with Gasteiger partial charge >= 0.3 is 0 Å². The van der Waals surface area contributed by atoms with Gasteiger partial charge in [0.1, 0.15) is 5.82 Å². The van der Waals surface area contributed by atoms with Gasteiger partial charge in [-0.05, 0) is 48.3 Å². The Morgan fingerprint density at radius 3 is 3.11 bits per heavy atom. The molecule has 3 aliphatic rings. The third-order valence-electron chi connectivity index (χ3n) is 5.31. The highest BCUT2D eigenvalue weighted by atomic mass is 16.3. The molecule has 0 radical (unpaired) electrons. The monoisotopic (exact) mass is 260 g/mol. The Hall–Kier alpha value is -1.17. The summed E-state index contributed by atoms with van der Waals surface area (Å²) in [6.45, 7) is 2.02. The molecule has 5 unspecified atom stereocenters. The van der Waals surface area contributed by atoms with Gasteiger partial charge in [-0.3, -0.25) is 4.90 Å². The highest BCUT2D eigenvalue weighted by molar-refractivity contribution is 5.36. The second kappa shape index (κ2) is 4.16. The molecule has 0 spiro atoms. The molecule has 1 aromatic rings. The number of hydrogen-bond acceptors (Lipinski definition) is 5. The molecule has 1 saturated heterocycles. The number of rotatable bonds is 3. The zero-order valence-electron chi connectivity index (χ0n) is 10.9. The minimum Gasteiger partial charge on any atom is -0.391 e. The van der Waals surface area contributed by atoms with Crippen molar-refractivity contribution in [2.45, 2.75) is 31.5 Å². The maximum atomic E-state index is 10.4. The number of aromatic nitrogens is 1. The van der Waals surface area contributed by atoms with Crippen LogP contribution in [-0.4, -0.2) is 33.7 Å². The number of aliphatic hydroxyl groups is 1. The number of nitrogens with zero attached hydrogens (tertiary/aromatic N) is 2. The summed E-state index contributed by atoms with van der Waals surface area (Å²) in [5, 5.41) is 10.4. The summed E-state index contributed by atoms with van der Waals surface area (Å²) in [6.07, 6.45) is 4.13. The van der Waals surface area contributed by atoms with Crippen LogP contribution < -0.4 is 11.3 Å². The van der Waals surface area contributed by atoms with Crippen LogP contribution in [0, 0.1) is 17.8 Å². The van der Waals surface area contributed by atoms with Crippen molar-refractivity contribution in [3.05, 3.63) is 23.9 Å². The van der Waals surface area contributed by atoms with Gasteiger partial charge in [0.15, 0.2) is 0 Å². The van der Waals surface area contributed by atoms with E-state index in [1.807, 2.05) is 12.1 Å². The topological polar surface area (TPSA) is 74.4 Å². The number of nitrogen functional groups attached to an aromatic ring is 1. The summed E-state index contributed by atoms with van der Waals surface area (Å²) < 4.78 is 0. The van der Waals surface area contributed by atoms with Crippen LogP contribution in [0.4, 0.5) is 5.82 Å². The molecule has 0 amide bonds. The van der Waals surface area contributed by atoms with Gasteiger partial charge in [-0.2, -0.15) is 0 Å². The lowest BCUT2D eigenvalue weighted by atomic mass is 9.88. The predicted molar refractivity (Wildman–Crippen MR) is 72.0 cm³/mol. The standard InChI is InChI=1S/C14H20N4O/c15-17-12-3-8(1-2-16-12)6-18-7-10-4-9-5-11(10)13(18)14(9)19/h1-3,9-11,13-14,19H,4-7,15H2,(H,16,17). The van der Waals surface area contributed by atoms with E-state index in [0.29, 0.717) is 17.8 Å². The van der Waals surface area contributed by atoms with Crippen LogP contribution in [0.3, 0.4) is 0 Å². The molecule has 4 rings (SSSR count). The van der Waals surface area contributed by atoms with Crippen LogP contribution in [0.1, 0.15) is 18.4 Å². The molecule has 1 aliphatic heterocycles. The number of aliphatic hydroxyl groups excluding tert-OH is 1. The highest BCUT2D eigenvalue weighted by Crippen LogP contribution is 2.55. The van der Waals surface area contributed by atoms with E-state index in [1.165, 1.54) is 18.4 Å². The van der Waals surface area contributed by atoms with Gasteiger partial charge in [0.2, 0.25) is 0 Å². The first-order valence-corrected chi connectivity index (χ1v) is 7.10. The Balaban J connectivity index is 1.54. The quantitative estimate of drug-likeness (QED) is 0.547. The lowest BCUT2D eigenvalue weighted by molar-refractivity contribution is 0.0484. The average molecular weight is 260 g/mol. The Morgan fingerprint density at radius 2 is 2.32 bits per heavy atom. The van der Waals surface area contributed by atoms with Gasteiger partial charge in [-0.1, -0.05) is 0 Å². The molecule has 0 aromatic carbocycles. The van der Waals surface area contributed by atoms with Crippen LogP contribution in [0.25, 0.3) is 0 Å². The molecule has 3 fully saturated rings. The molecule has 2 saturated carbocycles. The van der Waals surface area contributed by atoms with Gasteiger partial charge in [-0.15, -0.1) is 0 Å². The Kier molecular flexibility index (Phi) is 2.55. The van der Waals surface area contributed by atoms with Gasteiger partial charge in [0.25, 0.3) is 0 Å². The maximum absolute atomic E-state index is 10.4. The molecule has 2 bridgehead atoms. The minimum atomic E-state index is -0.113. The smallest absolute Gasteiger partial charge is 0.140 e. The fourth-order valence-electron chi connectivity index (χ4n) is 4.61. The molecule has 4 N–H and O–H groups in total. The number of fused-ring (bicyclic) bond motifs is 1. The van der Waals surface area contributed by atoms with Gasteiger partial charge in [0, 0.05) is 25.3 Å². The number of pyridine rings is 1. The summed E-state index contributed by atoms with van der Waals surface area (Å²) in [5.74, 6) is 8.20. The van der Waals surface area contributed by atoms with Gasteiger partial charge in [0.05, 0.1) is 6.10 Å². The van der Waals surface area contributed by atoms with Gasteiger partial charge in [-0.25, -0.2) is 10.8 Å². The summed E-state index contributed by atoms with van der Waals surface area (Å²) in [6, 6.07) is 4.39. The van der Waals surface area contributed by atoms with E-state index in [-0.39, 0.29) is 6.10 Å². The van der Waals surface area contributed by atoms with E-state index >= 15 is 0 Å². The highest BCUT2D eigenvalue weighted by Gasteiger charge is 2.58. The van der Waals surface area contributed by atoms with Crippen molar-refractivity contribution in [2.75, 3.05) is 12.0 Å². The average Bonchev–Trinajstić information content (AvgIpc) is 3.01. The van der Waals surface area contributed by atoms with Crippen molar-refractivity contribution in [1.82, 2.24) is 9.88 Å². The SMILES string of the molecule is NNc1cc(CN2CC3CC4CC3C2C4O)ccn1. The van der Waals surface area contributed by atoms with E-state index in [0.717, 1.165) is 24.9 Å². The van der Waals surface area contributed by atoms with E-state index in [2.05, 4.69) is 15.3 Å². The Morgan fingerprint density at radius 1 is 1.42 bits per heavy atom. The van der Waals surface area contributed by atoms with Crippen molar-refractivity contribution in [3.8, 4) is 0 Å². The number of nitrogens with two attached hydrogens (primary N) is 1. The van der Waals surface area contributed by atoms with Crippen LogP contribution in [0.5, 0.6) is 0 Å². The number of anilines is 1.